The molecule has 0 saturated carbocycles. The average molecular weight is 219 g/mol. The van der Waals surface area contributed by atoms with E-state index in [1.807, 2.05) is 55.5 Å². The Balaban J connectivity index is 2.21. The minimum absolute atomic E-state index is 0.726. The number of benzene rings is 2. The van der Waals surface area contributed by atoms with E-state index in [0.717, 1.165) is 27.9 Å². The van der Waals surface area contributed by atoms with Crippen LogP contribution in [0.25, 0.3) is 22.3 Å². The summed E-state index contributed by atoms with van der Waals surface area (Å²) in [5, 5.41) is 0.993. The fourth-order valence-corrected chi connectivity index (χ4v) is 1.86. The largest absolute Gasteiger partial charge is 0.228 e. The van der Waals surface area contributed by atoms with Gasteiger partial charge in [-0.25, -0.2) is 9.97 Å². The minimum Gasteiger partial charge on any atom is -0.228 e. The molecule has 0 saturated heterocycles. The van der Waals surface area contributed by atoms with Crippen molar-refractivity contribution in [2.24, 2.45) is 0 Å². The van der Waals surface area contributed by atoms with Crippen molar-refractivity contribution in [1.29, 1.82) is 0 Å². The molecule has 0 bridgehead atoms. The molecule has 0 amide bonds. The summed E-state index contributed by atoms with van der Waals surface area (Å²) in [6, 6.07) is 16.0. The van der Waals surface area contributed by atoms with Gasteiger partial charge in [-0.15, -0.1) is 0 Å². The van der Waals surface area contributed by atoms with Crippen molar-refractivity contribution in [1.82, 2.24) is 9.97 Å². The van der Waals surface area contributed by atoms with E-state index in [0.29, 0.717) is 0 Å². The fraction of sp³-hybridized carbons (Fsp3) is 0.0667. The Morgan fingerprint density at radius 1 is 0.941 bits per heavy atom. The average Bonchev–Trinajstić information content (AvgIpc) is 2.40. The molecule has 0 fully saturated rings. The number of fused-ring (bicyclic) bond motifs is 1. The first-order valence-corrected chi connectivity index (χ1v) is 5.55. The van der Waals surface area contributed by atoms with Crippen LogP contribution in [-0.2, 0) is 0 Å². The number of aromatic nitrogens is 2. The lowest BCUT2D eigenvalue weighted by Gasteiger charge is -2.03. The summed E-state index contributed by atoms with van der Waals surface area (Å²) in [5.41, 5.74) is 3.12. The lowest BCUT2D eigenvalue weighted by molar-refractivity contribution is 1.21. The second-order valence-corrected chi connectivity index (χ2v) is 3.99. The normalized spacial score (nSPS) is 10.6. The molecule has 2 nitrogen and oxygen atoms in total. The van der Waals surface area contributed by atoms with Crippen LogP contribution < -0.4 is 0 Å². The Kier molecular flexibility index (Phi) is 2.33. The minimum atomic E-state index is 0.726. The summed E-state index contributed by atoms with van der Waals surface area (Å²) in [6.07, 6.45) is 3.07. The van der Waals surface area contributed by atoms with Gasteiger partial charge in [0, 0.05) is 10.9 Å². The van der Waals surface area contributed by atoms with Gasteiger partial charge < -0.3 is 0 Å². The molecule has 2 aromatic carbocycles. The van der Waals surface area contributed by atoms with Crippen LogP contribution >= 0.6 is 0 Å². The molecule has 17 heavy (non-hydrogen) atoms. The van der Waals surface area contributed by atoms with Gasteiger partial charge in [-0.05, 0) is 18.6 Å². The van der Waals surface area contributed by atoms with Crippen LogP contribution in [-0.4, -0.2) is 9.97 Å². The Labute approximate surface area is 100.0 Å². The van der Waals surface area contributed by atoms with Crippen molar-refractivity contribution in [3.05, 3.63) is 60.3 Å². The standard InChI is InChI=1S/C15H11N2/c1-11-6-5-9-14-13(11)10-16-15(17-14)12-7-3-2-4-8-12/h2-9H,1H3. The molecule has 0 spiro atoms. The first-order valence-electron chi connectivity index (χ1n) is 5.55. The molecule has 81 valence electrons. The zero-order valence-electron chi connectivity index (χ0n) is 9.51. The van der Waals surface area contributed by atoms with Crippen LogP contribution in [0.15, 0.2) is 48.5 Å². The monoisotopic (exact) mass is 219 g/mol. The molecule has 1 heterocycles. The first-order chi connectivity index (χ1) is 8.34. The van der Waals surface area contributed by atoms with Gasteiger partial charge in [0.2, 0.25) is 0 Å². The highest BCUT2D eigenvalue weighted by molar-refractivity contribution is 5.82. The number of hydrogen-bond acceptors (Lipinski definition) is 2. The molecule has 2 heteroatoms. The summed E-state index contributed by atoms with van der Waals surface area (Å²) in [6.45, 7) is 2.05. The van der Waals surface area contributed by atoms with Gasteiger partial charge in [-0.3, -0.25) is 0 Å². The molecule has 0 aliphatic carbocycles. The van der Waals surface area contributed by atoms with E-state index < -0.39 is 0 Å². The van der Waals surface area contributed by atoms with Gasteiger partial charge >= 0.3 is 0 Å². The maximum atomic E-state index is 4.56. The molecule has 0 aliphatic rings. The number of rotatable bonds is 1. The molecular weight excluding hydrogens is 208 g/mol. The smallest absolute Gasteiger partial charge is 0.160 e. The topological polar surface area (TPSA) is 25.8 Å². The first kappa shape index (κ1) is 9.97. The SMILES string of the molecule is Cc1cccc2nc(-c3ccccc3)n[c]c12. The zero-order valence-corrected chi connectivity index (χ0v) is 9.51. The summed E-state index contributed by atoms with van der Waals surface area (Å²) in [4.78, 5) is 8.87. The molecule has 3 aromatic rings. The Morgan fingerprint density at radius 2 is 1.76 bits per heavy atom. The highest BCUT2D eigenvalue weighted by Crippen LogP contribution is 2.19. The van der Waals surface area contributed by atoms with Crippen LogP contribution in [0.1, 0.15) is 5.56 Å². The Bertz CT molecular complexity index is 660. The molecule has 3 rings (SSSR count). The van der Waals surface area contributed by atoms with Gasteiger partial charge in [0.05, 0.1) is 5.52 Å². The van der Waals surface area contributed by atoms with Crippen LogP contribution in [0.5, 0.6) is 0 Å². The van der Waals surface area contributed by atoms with Crippen LogP contribution in [0.2, 0.25) is 0 Å². The third-order valence-electron chi connectivity index (χ3n) is 2.78. The molecule has 1 aromatic heterocycles. The fourth-order valence-electron chi connectivity index (χ4n) is 1.86. The Hall–Kier alpha value is -2.22. The van der Waals surface area contributed by atoms with E-state index in [9.17, 15) is 0 Å². The maximum absolute atomic E-state index is 4.56. The molecule has 0 aliphatic heterocycles. The second-order valence-electron chi connectivity index (χ2n) is 3.99. The van der Waals surface area contributed by atoms with Crippen molar-refractivity contribution in [3.63, 3.8) is 0 Å². The van der Waals surface area contributed by atoms with Gasteiger partial charge in [0.1, 0.15) is 6.20 Å². The summed E-state index contributed by atoms with van der Waals surface area (Å²) in [5.74, 6) is 0.726. The predicted octanol–water partition coefficient (Wildman–Crippen LogP) is 3.41. The predicted molar refractivity (Wildman–Crippen MR) is 68.5 cm³/mol. The molecule has 1 radical (unpaired) electrons. The number of hydrogen-bond donors (Lipinski definition) is 0. The van der Waals surface area contributed by atoms with Crippen molar-refractivity contribution in [3.8, 4) is 11.4 Å². The van der Waals surface area contributed by atoms with Crippen LogP contribution in [0.3, 0.4) is 0 Å². The Morgan fingerprint density at radius 3 is 2.59 bits per heavy atom. The third kappa shape index (κ3) is 1.78. The zero-order chi connectivity index (χ0) is 11.7. The van der Waals surface area contributed by atoms with Crippen LogP contribution in [0, 0.1) is 13.1 Å². The van der Waals surface area contributed by atoms with E-state index >= 15 is 0 Å². The van der Waals surface area contributed by atoms with E-state index in [-0.39, 0.29) is 0 Å². The molecule has 0 atom stereocenters. The van der Waals surface area contributed by atoms with E-state index in [4.69, 9.17) is 0 Å². The van der Waals surface area contributed by atoms with E-state index in [2.05, 4.69) is 16.2 Å². The van der Waals surface area contributed by atoms with Gasteiger partial charge in [0.25, 0.3) is 0 Å². The number of nitrogens with zero attached hydrogens (tertiary/aromatic N) is 2. The van der Waals surface area contributed by atoms with Crippen molar-refractivity contribution in [2.45, 2.75) is 6.92 Å². The lowest BCUT2D eigenvalue weighted by atomic mass is 10.1. The van der Waals surface area contributed by atoms with Gasteiger partial charge in [0.15, 0.2) is 5.82 Å². The molecular formula is C15H11N2. The number of aryl methyl sites for hydroxylation is 1. The van der Waals surface area contributed by atoms with Crippen molar-refractivity contribution in [2.75, 3.05) is 0 Å². The second kappa shape index (κ2) is 3.98. The van der Waals surface area contributed by atoms with E-state index in [1.165, 1.54) is 0 Å². The lowest BCUT2D eigenvalue weighted by Crippen LogP contribution is -1.91. The quantitative estimate of drug-likeness (QED) is 0.626. The highest BCUT2D eigenvalue weighted by Gasteiger charge is 2.03. The van der Waals surface area contributed by atoms with E-state index in [1.54, 1.807) is 0 Å². The third-order valence-corrected chi connectivity index (χ3v) is 2.78. The summed E-state index contributed by atoms with van der Waals surface area (Å²) < 4.78 is 0. The van der Waals surface area contributed by atoms with Crippen molar-refractivity contribution < 1.29 is 0 Å². The summed E-state index contributed by atoms with van der Waals surface area (Å²) in [7, 11) is 0. The maximum Gasteiger partial charge on any atom is 0.160 e. The van der Waals surface area contributed by atoms with Crippen molar-refractivity contribution >= 4 is 10.9 Å². The van der Waals surface area contributed by atoms with Gasteiger partial charge in [-0.1, -0.05) is 42.5 Å². The summed E-state index contributed by atoms with van der Waals surface area (Å²) >= 11 is 0. The highest BCUT2D eigenvalue weighted by atomic mass is 14.9. The molecule has 0 N–H and O–H groups in total. The van der Waals surface area contributed by atoms with Crippen LogP contribution in [0.4, 0.5) is 0 Å². The molecule has 0 unspecified atom stereocenters. The van der Waals surface area contributed by atoms with Gasteiger partial charge in [-0.2, -0.15) is 0 Å².